The normalized spacial score (nSPS) is 18.4. The van der Waals surface area contributed by atoms with Gasteiger partial charge in [-0.15, -0.1) is 11.3 Å². The maximum atomic E-state index is 14.5. The third-order valence-electron chi connectivity index (χ3n) is 17.2. The van der Waals surface area contributed by atoms with Crippen molar-refractivity contribution in [3.63, 3.8) is 0 Å². The van der Waals surface area contributed by atoms with Gasteiger partial charge in [0.25, 0.3) is 5.91 Å². The van der Waals surface area contributed by atoms with Crippen molar-refractivity contribution in [2.24, 2.45) is 41.2 Å². The smallest absolute Gasteiger partial charge is 0.306 e. The van der Waals surface area contributed by atoms with Crippen molar-refractivity contribution in [3.05, 3.63) is 51.5 Å². The summed E-state index contributed by atoms with van der Waals surface area (Å²) in [5.41, 5.74) is 6.79. The van der Waals surface area contributed by atoms with Crippen molar-refractivity contribution >= 4 is 87.8 Å². The Morgan fingerprint density at radius 3 is 2.14 bits per heavy atom. The van der Waals surface area contributed by atoms with Crippen molar-refractivity contribution in [2.45, 2.75) is 213 Å². The van der Waals surface area contributed by atoms with E-state index >= 15 is 0 Å². The molecule has 1 aromatic heterocycles. The van der Waals surface area contributed by atoms with Gasteiger partial charge >= 0.3 is 11.9 Å². The number of esters is 1. The van der Waals surface area contributed by atoms with Crippen molar-refractivity contribution in [1.82, 2.24) is 30.3 Å². The number of hydrogen-bond acceptors (Lipinski definition) is 16. The molecular weight excluding hydrogens is 1140 g/mol. The maximum Gasteiger partial charge on any atom is 0.306 e. The number of nitrogens with one attached hydrogen (secondary N) is 2. The molecule has 86 heavy (non-hydrogen) atoms. The number of Topliss-reactive ketones (excluding diaryl/α,β-unsaturated/α-hetero) is 3. The van der Waals surface area contributed by atoms with E-state index in [0.29, 0.717) is 55.6 Å². The zero-order valence-corrected chi connectivity index (χ0v) is 54.3. The van der Waals surface area contributed by atoms with E-state index in [1.54, 1.807) is 54.8 Å². The van der Waals surface area contributed by atoms with Gasteiger partial charge in [0.05, 0.1) is 23.3 Å². The molecule has 478 valence electrons. The molecule has 1 aromatic carbocycles. The molecule has 2 aliphatic rings. The fourth-order valence-corrected chi connectivity index (χ4v) is 13.0. The molecule has 0 radical (unpaired) electrons. The summed E-state index contributed by atoms with van der Waals surface area (Å²) in [6.45, 7) is 15.6. The zero-order valence-electron chi connectivity index (χ0n) is 52.7. The molecule has 4 rings (SSSR count). The first-order chi connectivity index (χ1) is 40.6. The molecule has 6 amide bonds. The highest BCUT2D eigenvalue weighted by molar-refractivity contribution is 8.00. The van der Waals surface area contributed by atoms with Gasteiger partial charge in [-0.2, -0.15) is 11.8 Å². The number of thioether (sulfide) groups is 1. The number of ketones is 3. The Morgan fingerprint density at radius 2 is 1.55 bits per heavy atom. The number of imide groups is 1. The molecule has 0 bridgehead atoms. The van der Waals surface area contributed by atoms with E-state index < -0.39 is 71.6 Å². The standard InChI is InChI=1S/C64H97N7O13S2/c1-12-40(6)48(34-54(75)51-22-17-19-28-69(51)9)62(80)70(10)52(39(4)5)35-55(84-42(8)72)61-68-50(37-86-61)60(79)66-45(30-41(7)64(82)83)31-43-24-26-44(27-25-43)32-53(74)49(21-15-16-23-57(65)76)67-59(78)47(38(2)3)33-46(73)20-14-13-18-29-71-58(77)36-56(85-11)63(71)81/h24-27,37-41,45,47-49,51-52,55-56H,12-23,28-36H2,1-11H3,(H2,65,76)(H,66,79)(H,67,78)(H,82,83)/t40-,41-,45+,47-,48-,49-,51+,52+,55+,56?/m0/s1. The monoisotopic (exact) mass is 1240 g/mol. The number of carbonyl (C=O) groups excluding carboxylic acids is 10. The molecular formula is C64H97N7O13S2. The molecule has 0 saturated carbocycles. The highest BCUT2D eigenvalue weighted by atomic mass is 32.2. The Balaban J connectivity index is 1.44. The van der Waals surface area contributed by atoms with Crippen LogP contribution in [0.2, 0.25) is 0 Å². The van der Waals surface area contributed by atoms with E-state index in [2.05, 4.69) is 20.5 Å². The van der Waals surface area contributed by atoms with Gasteiger partial charge in [-0.25, -0.2) is 4.98 Å². The van der Waals surface area contributed by atoms with Crippen LogP contribution in [0.15, 0.2) is 29.6 Å². The number of likely N-dealkylation sites (N-methyl/N-ethyl adjacent to an activating group) is 1. The Hall–Kier alpha value is -5.87. The Bertz CT molecular complexity index is 2640. The first-order valence-electron chi connectivity index (χ1n) is 30.9. The summed E-state index contributed by atoms with van der Waals surface area (Å²) in [5, 5.41) is 17.4. The molecule has 20 nitrogen and oxygen atoms in total. The van der Waals surface area contributed by atoms with Crippen molar-refractivity contribution in [2.75, 3.05) is 33.4 Å². The number of unbranched alkanes of at least 4 members (excludes halogenated alkanes) is 3. The first-order valence-corrected chi connectivity index (χ1v) is 33.1. The lowest BCUT2D eigenvalue weighted by molar-refractivity contribution is -0.150. The summed E-state index contributed by atoms with van der Waals surface area (Å²) >= 11 is 2.49. The fraction of sp³-hybridized carbons (Fsp3) is 0.688. The van der Waals surface area contributed by atoms with Crippen LogP contribution in [-0.4, -0.2) is 152 Å². The van der Waals surface area contributed by atoms with Crippen LogP contribution in [0.4, 0.5) is 0 Å². The topological polar surface area (TPSA) is 290 Å². The molecule has 3 heterocycles. The van der Waals surface area contributed by atoms with Crippen LogP contribution < -0.4 is 16.4 Å². The number of carbonyl (C=O) groups is 11. The van der Waals surface area contributed by atoms with Gasteiger partial charge in [0, 0.05) is 94.8 Å². The largest absolute Gasteiger partial charge is 0.481 e. The number of aromatic nitrogens is 1. The summed E-state index contributed by atoms with van der Waals surface area (Å²) in [6, 6.07) is 4.83. The van der Waals surface area contributed by atoms with E-state index in [0.717, 1.165) is 42.7 Å². The average molecular weight is 1240 g/mol. The minimum absolute atomic E-state index is 0.0226. The van der Waals surface area contributed by atoms with Crippen LogP contribution in [-0.2, 0) is 65.5 Å². The molecule has 22 heteroatoms. The Labute approximate surface area is 517 Å². The molecule has 10 atom stereocenters. The van der Waals surface area contributed by atoms with E-state index in [1.165, 1.54) is 23.6 Å². The van der Waals surface area contributed by atoms with Crippen LogP contribution in [0.1, 0.15) is 197 Å². The number of primary amides is 1. The molecule has 5 N–H and O–H groups in total. The van der Waals surface area contributed by atoms with Gasteiger partial charge in [-0.05, 0) is 100 Å². The van der Waals surface area contributed by atoms with Crippen LogP contribution in [0.5, 0.6) is 0 Å². The van der Waals surface area contributed by atoms with Gasteiger partial charge in [0.15, 0.2) is 17.7 Å². The fourth-order valence-electron chi connectivity index (χ4n) is 11.6. The number of aliphatic carboxylic acids is 1. The number of nitrogens with two attached hydrogens (primary N) is 1. The molecule has 2 saturated heterocycles. The molecule has 2 aliphatic heterocycles. The van der Waals surface area contributed by atoms with E-state index in [9.17, 15) is 57.8 Å². The van der Waals surface area contributed by atoms with Crippen LogP contribution in [0.25, 0.3) is 0 Å². The van der Waals surface area contributed by atoms with Crippen molar-refractivity contribution < 1.29 is 62.6 Å². The lowest BCUT2D eigenvalue weighted by Gasteiger charge is -2.37. The van der Waals surface area contributed by atoms with Crippen LogP contribution in [0, 0.1) is 35.5 Å². The van der Waals surface area contributed by atoms with Gasteiger partial charge in [0.2, 0.25) is 29.5 Å². The zero-order chi connectivity index (χ0) is 63.9. The lowest BCUT2D eigenvalue weighted by Crippen LogP contribution is -2.48. The average Bonchev–Trinajstić information content (AvgIpc) is 3.96. The highest BCUT2D eigenvalue weighted by Gasteiger charge is 2.40. The molecule has 1 unspecified atom stereocenters. The molecule has 0 spiro atoms. The predicted molar refractivity (Wildman–Crippen MR) is 332 cm³/mol. The number of carboxylic acid groups (broad SMARTS) is 1. The van der Waals surface area contributed by atoms with E-state index in [4.69, 9.17) is 10.5 Å². The minimum Gasteiger partial charge on any atom is -0.481 e. The number of rotatable bonds is 39. The van der Waals surface area contributed by atoms with Crippen molar-refractivity contribution in [1.29, 1.82) is 0 Å². The summed E-state index contributed by atoms with van der Waals surface area (Å²) in [5.74, 6) is -6.42. The Kier molecular flexibility index (Phi) is 30.2. The third kappa shape index (κ3) is 22.7. The van der Waals surface area contributed by atoms with Crippen LogP contribution in [0.3, 0.4) is 0 Å². The van der Waals surface area contributed by atoms with Gasteiger partial charge in [-0.1, -0.05) is 98.4 Å². The summed E-state index contributed by atoms with van der Waals surface area (Å²) in [7, 11) is 3.69. The van der Waals surface area contributed by atoms with E-state index in [-0.39, 0.29) is 134 Å². The molecule has 2 aromatic rings. The lowest BCUT2D eigenvalue weighted by atomic mass is 9.83. The SMILES string of the molecule is CC[C@H](C)[C@H](CC(=O)[C@H]1CCCCN1C)C(=O)N(C)[C@H](C[C@@H](OC(C)=O)c1nc(C(=O)N[C@@H](Cc2ccc(CC(=O)[C@H](CCCCC(N)=O)NC(=O)[C@@H](CC(=O)CCCCCN3C(=O)CC(SC)C3=O)C(C)C)cc2)C[C@H](C)C(=O)O)cs1)C(C)C. The summed E-state index contributed by atoms with van der Waals surface area (Å²) in [6.07, 6.45) is 8.21. The number of thiazole rings is 1. The minimum atomic E-state index is -1.05. The number of ether oxygens (including phenoxy) is 1. The number of benzene rings is 1. The number of nitrogens with zero attached hydrogens (tertiary/aromatic N) is 4. The highest BCUT2D eigenvalue weighted by Crippen LogP contribution is 2.34. The first kappa shape index (κ1) is 72.6. The molecule has 2 fully saturated rings. The van der Waals surface area contributed by atoms with Crippen LogP contribution >= 0.6 is 23.1 Å². The number of piperidine rings is 1. The van der Waals surface area contributed by atoms with Gasteiger partial charge in [0.1, 0.15) is 16.5 Å². The van der Waals surface area contributed by atoms with Crippen molar-refractivity contribution in [3.8, 4) is 0 Å². The van der Waals surface area contributed by atoms with Gasteiger partial charge in [-0.3, -0.25) is 62.5 Å². The second-order valence-corrected chi connectivity index (χ2v) is 26.5. The number of amides is 6. The maximum absolute atomic E-state index is 14.5. The number of carboxylic acids is 1. The summed E-state index contributed by atoms with van der Waals surface area (Å²) < 4.78 is 5.86. The third-order valence-corrected chi connectivity index (χ3v) is 19.1. The molecule has 0 aliphatic carbocycles. The number of likely N-dealkylation sites (tertiary alicyclic amines) is 2. The number of hydrogen-bond donors (Lipinski definition) is 4. The summed E-state index contributed by atoms with van der Waals surface area (Å²) in [4.78, 5) is 154. The van der Waals surface area contributed by atoms with E-state index in [1.807, 2.05) is 48.6 Å². The quantitative estimate of drug-likeness (QED) is 0.0279. The predicted octanol–water partition coefficient (Wildman–Crippen LogP) is 8.10. The second kappa shape index (κ2) is 35.8. The second-order valence-electron chi connectivity index (χ2n) is 24.6. The Morgan fingerprint density at radius 1 is 0.872 bits per heavy atom. The van der Waals surface area contributed by atoms with Gasteiger partial charge < -0.3 is 31.1 Å².